The molecular formula is C20H20ClF3N4O3. The smallest absolute Gasteiger partial charge is 0.435 e. The lowest BCUT2D eigenvalue weighted by Gasteiger charge is -2.21. The minimum atomic E-state index is -4.92. The number of alkyl halides is 3. The number of allylic oxidation sites excluding steroid dienone is 1. The highest BCUT2D eigenvalue weighted by Crippen LogP contribution is 2.26. The normalized spacial score (nSPS) is 13.1. The molecule has 2 rings (SSSR count). The Morgan fingerprint density at radius 1 is 1.19 bits per heavy atom. The van der Waals surface area contributed by atoms with Crippen LogP contribution >= 0.6 is 11.6 Å². The van der Waals surface area contributed by atoms with Crippen molar-refractivity contribution < 1.29 is 22.7 Å². The van der Waals surface area contributed by atoms with Gasteiger partial charge in [0, 0.05) is 29.2 Å². The molecule has 0 saturated heterocycles. The summed E-state index contributed by atoms with van der Waals surface area (Å²) in [6, 6.07) is 8.09. The minimum Gasteiger partial charge on any atom is -0.444 e. The maximum absolute atomic E-state index is 13.6. The lowest BCUT2D eigenvalue weighted by molar-refractivity contribution is -0.0584. The first-order chi connectivity index (χ1) is 14.3. The number of hydrogen-bond donors (Lipinski definition) is 2. The van der Waals surface area contributed by atoms with Crippen molar-refractivity contribution in [1.29, 1.82) is 0 Å². The zero-order chi connectivity index (χ0) is 23.4. The molecule has 0 unspecified atom stereocenters. The molecule has 1 aromatic carbocycles. The van der Waals surface area contributed by atoms with Gasteiger partial charge < -0.3 is 10.5 Å². The second kappa shape index (κ2) is 9.25. The van der Waals surface area contributed by atoms with E-state index < -0.39 is 34.8 Å². The Balaban J connectivity index is 2.37. The van der Waals surface area contributed by atoms with Crippen molar-refractivity contribution in [1.82, 2.24) is 9.88 Å². The van der Waals surface area contributed by atoms with Crippen LogP contribution in [0, 0.1) is 0 Å². The molecule has 1 amide bonds. The number of carbonyl (C=O) groups excluding carboxylic acids is 1. The van der Waals surface area contributed by atoms with Crippen LogP contribution in [-0.2, 0) is 4.74 Å². The third-order valence-electron chi connectivity index (χ3n) is 3.58. The third kappa shape index (κ3) is 6.88. The summed E-state index contributed by atoms with van der Waals surface area (Å²) in [7, 11) is 0. The topological polar surface area (TPSA) is 98.7 Å². The number of benzene rings is 1. The Hall–Kier alpha value is -3.27. The first-order valence-electron chi connectivity index (χ1n) is 8.87. The van der Waals surface area contributed by atoms with Gasteiger partial charge in [-0.2, -0.15) is 13.2 Å². The van der Waals surface area contributed by atoms with Crippen molar-refractivity contribution in [2.45, 2.75) is 32.5 Å². The molecule has 0 spiro atoms. The average Bonchev–Trinajstić information content (AvgIpc) is 2.63. The SMILES string of the molecule is CC(C)(C)OC(=O)N/C(=C/N)C(=Nc1ccc(-n2ccc(Cl)cc2=O)cc1)C(F)(F)F. The first-order valence-corrected chi connectivity index (χ1v) is 9.25. The highest BCUT2D eigenvalue weighted by molar-refractivity contribution is 6.30. The van der Waals surface area contributed by atoms with Crippen molar-refractivity contribution in [2.24, 2.45) is 10.7 Å². The molecule has 0 aliphatic rings. The number of hydrogen-bond acceptors (Lipinski definition) is 5. The van der Waals surface area contributed by atoms with Gasteiger partial charge >= 0.3 is 12.3 Å². The van der Waals surface area contributed by atoms with E-state index in [2.05, 4.69) is 4.99 Å². The van der Waals surface area contributed by atoms with Crippen LogP contribution in [0.4, 0.5) is 23.7 Å². The molecule has 0 radical (unpaired) electrons. The summed E-state index contributed by atoms with van der Waals surface area (Å²) in [5, 5.41) is 2.23. The molecule has 7 nitrogen and oxygen atoms in total. The summed E-state index contributed by atoms with van der Waals surface area (Å²) < 4.78 is 47.0. The summed E-state index contributed by atoms with van der Waals surface area (Å²) in [5.41, 5.74) is 2.11. The highest BCUT2D eigenvalue weighted by atomic mass is 35.5. The van der Waals surface area contributed by atoms with Crippen LogP contribution in [0.3, 0.4) is 0 Å². The molecule has 0 bridgehead atoms. The lowest BCUT2D eigenvalue weighted by Crippen LogP contribution is -2.38. The maximum atomic E-state index is 13.6. The summed E-state index contributed by atoms with van der Waals surface area (Å²) >= 11 is 5.75. The number of amides is 1. The number of nitrogens with one attached hydrogen (secondary N) is 1. The number of halogens is 4. The second-order valence-corrected chi connectivity index (χ2v) is 7.67. The molecule has 0 saturated carbocycles. The van der Waals surface area contributed by atoms with Gasteiger partial charge in [0.1, 0.15) is 5.60 Å². The predicted molar refractivity (Wildman–Crippen MR) is 112 cm³/mol. The van der Waals surface area contributed by atoms with Gasteiger partial charge in [-0.25, -0.2) is 9.79 Å². The quantitative estimate of drug-likeness (QED) is 0.664. The van der Waals surface area contributed by atoms with Crippen LogP contribution in [0.15, 0.2) is 64.3 Å². The molecule has 1 heterocycles. The average molecular weight is 457 g/mol. The van der Waals surface area contributed by atoms with Gasteiger partial charge in [0.25, 0.3) is 5.56 Å². The van der Waals surface area contributed by atoms with Crippen LogP contribution in [0.2, 0.25) is 5.02 Å². The predicted octanol–water partition coefficient (Wildman–Crippen LogP) is 4.45. The molecule has 0 atom stereocenters. The molecule has 166 valence electrons. The van der Waals surface area contributed by atoms with Crippen LogP contribution < -0.4 is 16.6 Å². The lowest BCUT2D eigenvalue weighted by atomic mass is 10.2. The van der Waals surface area contributed by atoms with Crippen molar-refractivity contribution in [3.8, 4) is 5.69 Å². The fraction of sp³-hybridized carbons (Fsp3) is 0.250. The number of nitrogens with two attached hydrogens (primary N) is 1. The first kappa shape index (κ1) is 24.0. The maximum Gasteiger partial charge on any atom is 0.435 e. The zero-order valence-electron chi connectivity index (χ0n) is 16.8. The van der Waals surface area contributed by atoms with E-state index in [-0.39, 0.29) is 10.7 Å². The number of aliphatic imine (C=N–C) groups is 1. The standard InChI is InChI=1S/C20H20ClF3N4O3/c1-19(2,3)31-18(30)27-15(11-25)17(20(22,23)24)26-13-4-6-14(7-5-13)28-9-8-12(21)10-16(28)29/h4-11H,25H2,1-3H3,(H,27,30)/b15-11+,26-17?. The number of ether oxygens (including phenoxy) is 1. The number of carbonyl (C=O) groups is 1. The van der Waals surface area contributed by atoms with Crippen LogP contribution in [0.25, 0.3) is 5.69 Å². The number of pyridine rings is 1. The van der Waals surface area contributed by atoms with E-state index in [9.17, 15) is 22.8 Å². The Morgan fingerprint density at radius 2 is 1.81 bits per heavy atom. The molecule has 3 N–H and O–H groups in total. The van der Waals surface area contributed by atoms with E-state index in [0.29, 0.717) is 11.9 Å². The van der Waals surface area contributed by atoms with Crippen LogP contribution in [0.1, 0.15) is 20.8 Å². The number of aromatic nitrogens is 1. The van der Waals surface area contributed by atoms with Crippen molar-refractivity contribution in [3.05, 3.63) is 69.9 Å². The van der Waals surface area contributed by atoms with Crippen molar-refractivity contribution in [2.75, 3.05) is 0 Å². The van der Waals surface area contributed by atoms with E-state index in [4.69, 9.17) is 22.1 Å². The third-order valence-corrected chi connectivity index (χ3v) is 3.81. The fourth-order valence-corrected chi connectivity index (χ4v) is 2.50. The molecular weight excluding hydrogens is 437 g/mol. The molecule has 0 fully saturated rings. The number of rotatable bonds is 4. The van der Waals surface area contributed by atoms with Gasteiger partial charge in [0.2, 0.25) is 0 Å². The van der Waals surface area contributed by atoms with Gasteiger partial charge in [-0.15, -0.1) is 0 Å². The van der Waals surface area contributed by atoms with Crippen LogP contribution in [0.5, 0.6) is 0 Å². The van der Waals surface area contributed by atoms with Gasteiger partial charge in [-0.3, -0.25) is 14.7 Å². The Bertz CT molecular complexity index is 1070. The highest BCUT2D eigenvalue weighted by Gasteiger charge is 2.39. The molecule has 0 aliphatic heterocycles. The fourth-order valence-electron chi connectivity index (χ4n) is 2.35. The van der Waals surface area contributed by atoms with E-state index in [1.54, 1.807) is 20.8 Å². The summed E-state index contributed by atoms with van der Waals surface area (Å²) in [4.78, 5) is 27.5. The largest absolute Gasteiger partial charge is 0.444 e. The van der Waals surface area contributed by atoms with E-state index >= 15 is 0 Å². The van der Waals surface area contributed by atoms with Gasteiger partial charge in [0.15, 0.2) is 5.71 Å². The number of alkyl carbamates (subject to hydrolysis) is 1. The Morgan fingerprint density at radius 3 is 2.29 bits per heavy atom. The van der Waals surface area contributed by atoms with Crippen molar-refractivity contribution >= 4 is 29.1 Å². The Labute approximate surface area is 181 Å². The van der Waals surface area contributed by atoms with Gasteiger partial charge in [0.05, 0.1) is 11.4 Å². The molecule has 1 aromatic heterocycles. The van der Waals surface area contributed by atoms with Gasteiger partial charge in [-0.1, -0.05) is 11.6 Å². The second-order valence-electron chi connectivity index (χ2n) is 7.24. The molecule has 2 aromatic rings. The monoisotopic (exact) mass is 456 g/mol. The Kier molecular flexibility index (Phi) is 7.17. The van der Waals surface area contributed by atoms with Crippen molar-refractivity contribution in [3.63, 3.8) is 0 Å². The number of nitrogens with zero attached hydrogens (tertiary/aromatic N) is 2. The van der Waals surface area contributed by atoms with E-state index in [1.807, 2.05) is 5.32 Å². The van der Waals surface area contributed by atoms with Crippen LogP contribution in [-0.4, -0.2) is 28.1 Å². The molecule has 11 heteroatoms. The summed E-state index contributed by atoms with van der Waals surface area (Å²) in [5.74, 6) is 0. The summed E-state index contributed by atoms with van der Waals surface area (Å²) in [6.45, 7) is 4.68. The molecule has 0 aliphatic carbocycles. The van der Waals surface area contributed by atoms with E-state index in [1.165, 1.54) is 47.2 Å². The summed E-state index contributed by atoms with van der Waals surface area (Å²) in [6.07, 6.45) is -4.02. The van der Waals surface area contributed by atoms with E-state index in [0.717, 1.165) is 0 Å². The van der Waals surface area contributed by atoms with Gasteiger partial charge in [-0.05, 0) is 51.1 Å². The molecule has 31 heavy (non-hydrogen) atoms. The zero-order valence-corrected chi connectivity index (χ0v) is 17.6. The minimum absolute atomic E-state index is 0.0802.